The highest BCUT2D eigenvalue weighted by Crippen LogP contribution is 2.37. The first kappa shape index (κ1) is 21.3. The average molecular weight is 417 g/mol. The van der Waals surface area contributed by atoms with Crippen LogP contribution < -0.4 is 19.7 Å². The minimum absolute atomic E-state index is 0.244. The van der Waals surface area contributed by atoms with Gasteiger partial charge in [0.2, 0.25) is 0 Å². The van der Waals surface area contributed by atoms with Crippen molar-refractivity contribution in [3.63, 3.8) is 0 Å². The van der Waals surface area contributed by atoms with E-state index in [0.29, 0.717) is 34.6 Å². The zero-order chi connectivity index (χ0) is 20.8. The summed E-state index contributed by atoms with van der Waals surface area (Å²) in [4.78, 5) is 15.1. The molecule has 1 aliphatic rings. The van der Waals surface area contributed by atoms with Gasteiger partial charge in [0, 0.05) is 30.0 Å². The van der Waals surface area contributed by atoms with Gasteiger partial charge in [0.25, 0.3) is 5.91 Å². The smallest absolute Gasteiger partial charge is 0.255 e. The number of nitrogens with zero attached hydrogens (tertiary/aromatic N) is 1. The first-order valence-electron chi connectivity index (χ1n) is 10.1. The highest BCUT2D eigenvalue weighted by Gasteiger charge is 2.17. The zero-order valence-electron chi connectivity index (χ0n) is 17.3. The fourth-order valence-electron chi connectivity index (χ4n) is 3.35. The molecule has 1 amide bonds. The normalized spacial score (nSPS) is 14.0. The molecule has 0 radical (unpaired) electrons. The summed E-state index contributed by atoms with van der Waals surface area (Å²) >= 11 is 6.36. The van der Waals surface area contributed by atoms with Gasteiger partial charge in [0.1, 0.15) is 0 Å². The van der Waals surface area contributed by atoms with Gasteiger partial charge in [-0.3, -0.25) is 4.79 Å². The maximum absolute atomic E-state index is 12.7. The Morgan fingerprint density at radius 3 is 2.45 bits per heavy atom. The van der Waals surface area contributed by atoms with Crippen molar-refractivity contribution in [3.05, 3.63) is 47.0 Å². The summed E-state index contributed by atoms with van der Waals surface area (Å²) in [6.45, 7) is 6.81. The number of anilines is 2. The van der Waals surface area contributed by atoms with Crippen LogP contribution in [0.1, 0.15) is 43.5 Å². The summed E-state index contributed by atoms with van der Waals surface area (Å²) in [5.74, 6) is 1.02. The number of hydrogen-bond acceptors (Lipinski definition) is 4. The van der Waals surface area contributed by atoms with Crippen molar-refractivity contribution in [1.29, 1.82) is 0 Å². The molecule has 1 saturated heterocycles. The molecule has 0 unspecified atom stereocenters. The molecule has 0 aromatic heterocycles. The quantitative estimate of drug-likeness (QED) is 0.635. The molecule has 1 aliphatic heterocycles. The Morgan fingerprint density at radius 2 is 1.83 bits per heavy atom. The van der Waals surface area contributed by atoms with Crippen LogP contribution in [0.5, 0.6) is 11.5 Å². The SMILES string of the molecule is COc1cc(C(=O)Nc2ccc(N3CCCCC3)cc2)cc(Cl)c1OCC(C)C. The van der Waals surface area contributed by atoms with Crippen molar-refractivity contribution in [2.75, 3.05) is 37.0 Å². The number of methoxy groups -OCH3 is 1. The van der Waals surface area contributed by atoms with Crippen LogP contribution >= 0.6 is 11.6 Å². The lowest BCUT2D eigenvalue weighted by Crippen LogP contribution is -2.29. The second-order valence-corrected chi connectivity index (χ2v) is 8.15. The van der Waals surface area contributed by atoms with Crippen molar-refractivity contribution in [2.24, 2.45) is 5.92 Å². The molecule has 6 heteroatoms. The molecule has 0 saturated carbocycles. The van der Waals surface area contributed by atoms with E-state index in [9.17, 15) is 4.79 Å². The van der Waals surface area contributed by atoms with Gasteiger partial charge in [0.15, 0.2) is 11.5 Å². The molecule has 1 fully saturated rings. The third kappa shape index (κ3) is 5.57. The van der Waals surface area contributed by atoms with Crippen molar-refractivity contribution >= 4 is 28.9 Å². The van der Waals surface area contributed by atoms with E-state index in [-0.39, 0.29) is 5.91 Å². The molecule has 0 aliphatic carbocycles. The Labute approximate surface area is 177 Å². The van der Waals surface area contributed by atoms with E-state index in [0.717, 1.165) is 18.8 Å². The topological polar surface area (TPSA) is 50.8 Å². The third-order valence-corrected chi connectivity index (χ3v) is 5.18. The van der Waals surface area contributed by atoms with E-state index in [2.05, 4.69) is 36.2 Å². The van der Waals surface area contributed by atoms with Gasteiger partial charge in [-0.2, -0.15) is 0 Å². The van der Waals surface area contributed by atoms with E-state index >= 15 is 0 Å². The Hall–Kier alpha value is -2.40. The third-order valence-electron chi connectivity index (χ3n) is 4.90. The molecule has 2 aromatic carbocycles. The van der Waals surface area contributed by atoms with Crippen LogP contribution in [0, 0.1) is 5.92 Å². The number of carbonyl (C=O) groups excluding carboxylic acids is 1. The molecule has 0 bridgehead atoms. The van der Waals surface area contributed by atoms with Crippen molar-refractivity contribution in [2.45, 2.75) is 33.1 Å². The van der Waals surface area contributed by atoms with Gasteiger partial charge in [-0.15, -0.1) is 0 Å². The molecule has 5 nitrogen and oxygen atoms in total. The van der Waals surface area contributed by atoms with Crippen LogP contribution in [0.25, 0.3) is 0 Å². The molecule has 2 aromatic rings. The predicted octanol–water partition coefficient (Wildman–Crippen LogP) is 5.63. The van der Waals surface area contributed by atoms with Gasteiger partial charge in [-0.05, 0) is 61.6 Å². The van der Waals surface area contributed by atoms with E-state index in [1.807, 2.05) is 12.1 Å². The minimum Gasteiger partial charge on any atom is -0.493 e. The molecule has 29 heavy (non-hydrogen) atoms. The fraction of sp³-hybridized carbons (Fsp3) is 0.435. The van der Waals surface area contributed by atoms with E-state index in [1.165, 1.54) is 32.1 Å². The van der Waals surface area contributed by atoms with Gasteiger partial charge in [0.05, 0.1) is 18.7 Å². The number of rotatable bonds is 7. The molecule has 156 valence electrons. The van der Waals surface area contributed by atoms with Crippen LogP contribution in [0.2, 0.25) is 5.02 Å². The van der Waals surface area contributed by atoms with Crippen molar-refractivity contribution in [3.8, 4) is 11.5 Å². The molecular weight excluding hydrogens is 388 g/mol. The summed E-state index contributed by atoms with van der Waals surface area (Å²) in [7, 11) is 1.54. The zero-order valence-corrected chi connectivity index (χ0v) is 18.1. The first-order valence-corrected chi connectivity index (χ1v) is 10.5. The van der Waals surface area contributed by atoms with Crippen molar-refractivity contribution in [1.82, 2.24) is 0 Å². The number of nitrogens with one attached hydrogen (secondary N) is 1. The summed E-state index contributed by atoms with van der Waals surface area (Å²) < 4.78 is 11.1. The molecule has 1 heterocycles. The van der Waals surface area contributed by atoms with Crippen LogP contribution in [0.3, 0.4) is 0 Å². The number of piperidine rings is 1. The maximum atomic E-state index is 12.7. The average Bonchev–Trinajstić information content (AvgIpc) is 2.73. The van der Waals surface area contributed by atoms with Gasteiger partial charge >= 0.3 is 0 Å². The largest absolute Gasteiger partial charge is 0.493 e. The fourth-order valence-corrected chi connectivity index (χ4v) is 3.62. The Bertz CT molecular complexity index is 831. The molecular formula is C23H29ClN2O3. The lowest BCUT2D eigenvalue weighted by Gasteiger charge is -2.28. The summed E-state index contributed by atoms with van der Waals surface area (Å²) in [6.07, 6.45) is 3.77. The Balaban J connectivity index is 1.70. The minimum atomic E-state index is -0.244. The number of ether oxygens (including phenoxy) is 2. The van der Waals surface area contributed by atoms with Crippen LogP contribution in [0.15, 0.2) is 36.4 Å². The molecule has 1 N–H and O–H groups in total. The highest BCUT2D eigenvalue weighted by atomic mass is 35.5. The monoisotopic (exact) mass is 416 g/mol. The van der Waals surface area contributed by atoms with Crippen molar-refractivity contribution < 1.29 is 14.3 Å². The number of carbonyl (C=O) groups is 1. The van der Waals surface area contributed by atoms with E-state index in [4.69, 9.17) is 21.1 Å². The lowest BCUT2D eigenvalue weighted by molar-refractivity contribution is 0.102. The standard InChI is InChI=1S/C23H29ClN2O3/c1-16(2)15-29-22-20(24)13-17(14-21(22)28-3)23(27)25-18-7-9-19(10-8-18)26-11-5-4-6-12-26/h7-10,13-14,16H,4-6,11-12,15H2,1-3H3,(H,25,27). The summed E-state index contributed by atoms with van der Waals surface area (Å²) in [5.41, 5.74) is 2.36. The van der Waals surface area contributed by atoms with E-state index < -0.39 is 0 Å². The molecule has 3 rings (SSSR count). The maximum Gasteiger partial charge on any atom is 0.255 e. The summed E-state index contributed by atoms with van der Waals surface area (Å²) in [6, 6.07) is 11.2. The molecule has 0 spiro atoms. The Morgan fingerprint density at radius 1 is 1.14 bits per heavy atom. The van der Waals surface area contributed by atoms with E-state index in [1.54, 1.807) is 12.1 Å². The van der Waals surface area contributed by atoms with Gasteiger partial charge in [-0.25, -0.2) is 0 Å². The van der Waals surface area contributed by atoms with Gasteiger partial charge < -0.3 is 19.7 Å². The van der Waals surface area contributed by atoms with Crippen LogP contribution in [0.4, 0.5) is 11.4 Å². The number of hydrogen-bond donors (Lipinski definition) is 1. The highest BCUT2D eigenvalue weighted by molar-refractivity contribution is 6.32. The predicted molar refractivity (Wildman–Crippen MR) is 119 cm³/mol. The number of halogens is 1. The number of amides is 1. The Kier molecular flexibility index (Phi) is 7.26. The lowest BCUT2D eigenvalue weighted by atomic mass is 10.1. The summed E-state index contributed by atoms with van der Waals surface area (Å²) in [5, 5.41) is 3.28. The van der Waals surface area contributed by atoms with Crippen LogP contribution in [-0.2, 0) is 0 Å². The number of benzene rings is 2. The second-order valence-electron chi connectivity index (χ2n) is 7.74. The second kappa shape index (κ2) is 9.88. The van der Waals surface area contributed by atoms with Crippen LogP contribution in [-0.4, -0.2) is 32.7 Å². The first-order chi connectivity index (χ1) is 14.0. The molecule has 0 atom stereocenters. The van der Waals surface area contributed by atoms with Gasteiger partial charge in [-0.1, -0.05) is 25.4 Å².